The minimum Gasteiger partial charge on any atom is -0.311 e. The molecule has 1 aromatic carbocycles. The molecule has 1 aromatic heterocycles. The van der Waals surface area contributed by atoms with Gasteiger partial charge in [0.1, 0.15) is 11.5 Å². The molecule has 0 saturated carbocycles. The molecule has 3 nitrogen and oxygen atoms in total. The molecule has 0 spiro atoms. The molecule has 0 aliphatic heterocycles. The van der Waals surface area contributed by atoms with Crippen molar-refractivity contribution >= 4 is 23.1 Å². The van der Waals surface area contributed by atoms with E-state index in [1.807, 2.05) is 0 Å². The summed E-state index contributed by atoms with van der Waals surface area (Å²) in [5.41, 5.74) is 1.56. The van der Waals surface area contributed by atoms with E-state index in [0.29, 0.717) is 12.5 Å². The predicted molar refractivity (Wildman–Crippen MR) is 76.9 cm³/mol. The fraction of sp³-hybridized carbons (Fsp3) is 0.385. The summed E-state index contributed by atoms with van der Waals surface area (Å²) in [5, 5.41) is 7.55. The Kier molecular flexibility index (Phi) is 4.85. The molecule has 102 valence electrons. The highest BCUT2D eigenvalue weighted by molar-refractivity contribution is 7.05. The lowest BCUT2D eigenvalue weighted by Crippen LogP contribution is -2.18. The van der Waals surface area contributed by atoms with E-state index in [2.05, 4.69) is 28.8 Å². The number of halogens is 2. The van der Waals surface area contributed by atoms with Crippen molar-refractivity contribution in [2.24, 2.45) is 5.92 Å². The van der Waals surface area contributed by atoms with E-state index in [9.17, 15) is 4.39 Å². The van der Waals surface area contributed by atoms with Gasteiger partial charge in [-0.2, -0.15) is 0 Å². The SMILES string of the molecule is CC(C)CNCc1snnc1-c1ccc(F)c(Cl)c1. The normalized spacial score (nSPS) is 11.2. The highest BCUT2D eigenvalue weighted by Gasteiger charge is 2.12. The van der Waals surface area contributed by atoms with E-state index in [-0.39, 0.29) is 5.02 Å². The molecule has 1 heterocycles. The van der Waals surface area contributed by atoms with Gasteiger partial charge in [0.25, 0.3) is 0 Å². The quantitative estimate of drug-likeness (QED) is 0.914. The van der Waals surface area contributed by atoms with Crippen LogP contribution in [0.15, 0.2) is 18.2 Å². The average Bonchev–Trinajstić information content (AvgIpc) is 2.80. The first-order valence-corrected chi connectivity index (χ1v) is 7.20. The van der Waals surface area contributed by atoms with Crippen LogP contribution in [-0.2, 0) is 6.54 Å². The van der Waals surface area contributed by atoms with Gasteiger partial charge in [0.05, 0.1) is 9.90 Å². The van der Waals surface area contributed by atoms with Crippen LogP contribution in [0.1, 0.15) is 18.7 Å². The summed E-state index contributed by atoms with van der Waals surface area (Å²) in [6, 6.07) is 4.60. The predicted octanol–water partition coefficient (Wildman–Crippen LogP) is 3.74. The topological polar surface area (TPSA) is 37.8 Å². The van der Waals surface area contributed by atoms with E-state index >= 15 is 0 Å². The van der Waals surface area contributed by atoms with Crippen LogP contribution in [0.5, 0.6) is 0 Å². The molecule has 0 bridgehead atoms. The van der Waals surface area contributed by atoms with Gasteiger partial charge in [-0.25, -0.2) is 4.39 Å². The maximum Gasteiger partial charge on any atom is 0.141 e. The van der Waals surface area contributed by atoms with Crippen molar-refractivity contribution in [3.05, 3.63) is 33.9 Å². The molecule has 19 heavy (non-hydrogen) atoms. The molecule has 1 N–H and O–H groups in total. The van der Waals surface area contributed by atoms with Crippen molar-refractivity contribution in [3.63, 3.8) is 0 Å². The third-order valence-corrected chi connectivity index (χ3v) is 3.60. The zero-order valence-corrected chi connectivity index (χ0v) is 12.4. The molecule has 2 rings (SSSR count). The Balaban J connectivity index is 2.16. The van der Waals surface area contributed by atoms with Gasteiger partial charge in [0, 0.05) is 12.1 Å². The van der Waals surface area contributed by atoms with Gasteiger partial charge >= 0.3 is 0 Å². The third-order valence-electron chi connectivity index (χ3n) is 2.59. The zero-order valence-electron chi connectivity index (χ0n) is 10.8. The second-order valence-corrected chi connectivity index (χ2v) is 5.94. The zero-order chi connectivity index (χ0) is 13.8. The summed E-state index contributed by atoms with van der Waals surface area (Å²) >= 11 is 7.14. The largest absolute Gasteiger partial charge is 0.311 e. The summed E-state index contributed by atoms with van der Waals surface area (Å²) < 4.78 is 17.1. The molecule has 0 unspecified atom stereocenters. The Morgan fingerprint density at radius 1 is 1.42 bits per heavy atom. The van der Waals surface area contributed by atoms with Crippen LogP contribution in [0.2, 0.25) is 5.02 Å². The van der Waals surface area contributed by atoms with Crippen LogP contribution in [0.4, 0.5) is 4.39 Å². The van der Waals surface area contributed by atoms with E-state index in [1.54, 1.807) is 12.1 Å². The van der Waals surface area contributed by atoms with Crippen LogP contribution in [0.3, 0.4) is 0 Å². The standard InChI is InChI=1S/C13H15ClFN3S/c1-8(2)6-16-7-12-13(17-18-19-12)9-3-4-11(15)10(14)5-9/h3-5,8,16H,6-7H2,1-2H3. The highest BCUT2D eigenvalue weighted by atomic mass is 35.5. The van der Waals surface area contributed by atoms with Crippen LogP contribution in [0, 0.1) is 11.7 Å². The van der Waals surface area contributed by atoms with Crippen LogP contribution >= 0.6 is 23.1 Å². The van der Waals surface area contributed by atoms with Crippen molar-refractivity contribution in [3.8, 4) is 11.3 Å². The molecular formula is C13H15ClFN3S. The lowest BCUT2D eigenvalue weighted by Gasteiger charge is -2.07. The second-order valence-electron chi connectivity index (χ2n) is 4.70. The third kappa shape index (κ3) is 3.72. The van der Waals surface area contributed by atoms with E-state index in [4.69, 9.17) is 11.6 Å². The molecule has 0 atom stereocenters. The van der Waals surface area contributed by atoms with Gasteiger partial charge in [-0.15, -0.1) is 5.10 Å². The van der Waals surface area contributed by atoms with Gasteiger partial charge in [-0.1, -0.05) is 29.9 Å². The monoisotopic (exact) mass is 299 g/mol. The number of hydrogen-bond acceptors (Lipinski definition) is 4. The number of aromatic nitrogens is 2. The van der Waals surface area contributed by atoms with Gasteiger partial charge in [-0.3, -0.25) is 0 Å². The molecule has 0 amide bonds. The number of nitrogens with one attached hydrogen (secondary N) is 1. The number of nitrogens with zero attached hydrogens (tertiary/aromatic N) is 2. The lowest BCUT2D eigenvalue weighted by atomic mass is 10.1. The minimum absolute atomic E-state index is 0.103. The van der Waals surface area contributed by atoms with Crippen molar-refractivity contribution in [2.45, 2.75) is 20.4 Å². The number of hydrogen-bond donors (Lipinski definition) is 1. The van der Waals surface area contributed by atoms with Crippen LogP contribution in [0.25, 0.3) is 11.3 Å². The average molecular weight is 300 g/mol. The maximum absolute atomic E-state index is 13.2. The second kappa shape index (κ2) is 6.41. The molecule has 6 heteroatoms. The molecule has 0 aliphatic carbocycles. The Morgan fingerprint density at radius 3 is 2.89 bits per heavy atom. The maximum atomic E-state index is 13.2. The fourth-order valence-electron chi connectivity index (χ4n) is 1.66. The lowest BCUT2D eigenvalue weighted by molar-refractivity contribution is 0.555. The molecule has 2 aromatic rings. The first-order chi connectivity index (χ1) is 9.08. The Hall–Kier alpha value is -1.04. The Labute approximate surface area is 121 Å². The van der Waals surface area contributed by atoms with Gasteiger partial charge in [0.15, 0.2) is 0 Å². The van der Waals surface area contributed by atoms with E-state index in [0.717, 1.165) is 22.7 Å². The Bertz CT molecular complexity index is 557. The minimum atomic E-state index is -0.423. The van der Waals surface area contributed by atoms with E-state index in [1.165, 1.54) is 17.6 Å². The first kappa shape index (κ1) is 14.4. The van der Waals surface area contributed by atoms with E-state index < -0.39 is 5.82 Å². The highest BCUT2D eigenvalue weighted by Crippen LogP contribution is 2.27. The van der Waals surface area contributed by atoms with Crippen molar-refractivity contribution in [1.29, 1.82) is 0 Å². The van der Waals surface area contributed by atoms with Crippen LogP contribution < -0.4 is 5.32 Å². The molecule has 0 saturated heterocycles. The summed E-state index contributed by atoms with van der Waals surface area (Å²) in [7, 11) is 0. The van der Waals surface area contributed by atoms with Gasteiger partial charge in [-0.05, 0) is 42.2 Å². The first-order valence-electron chi connectivity index (χ1n) is 6.05. The molecule has 0 aliphatic rings. The summed E-state index contributed by atoms with van der Waals surface area (Å²) in [4.78, 5) is 1.03. The van der Waals surface area contributed by atoms with Gasteiger partial charge in [0.2, 0.25) is 0 Å². The summed E-state index contributed by atoms with van der Waals surface area (Å²) in [5.74, 6) is 0.165. The van der Waals surface area contributed by atoms with Crippen molar-refractivity contribution < 1.29 is 4.39 Å². The number of benzene rings is 1. The van der Waals surface area contributed by atoms with Crippen molar-refractivity contribution in [2.75, 3.05) is 6.54 Å². The van der Waals surface area contributed by atoms with Gasteiger partial charge < -0.3 is 5.32 Å². The molecular weight excluding hydrogens is 285 g/mol. The molecule has 0 fully saturated rings. The summed E-state index contributed by atoms with van der Waals surface area (Å²) in [6.45, 7) is 5.94. The van der Waals surface area contributed by atoms with Crippen LogP contribution in [-0.4, -0.2) is 16.1 Å². The molecule has 0 radical (unpaired) electrons. The Morgan fingerprint density at radius 2 is 2.21 bits per heavy atom. The fourth-order valence-corrected chi connectivity index (χ4v) is 2.48. The van der Waals surface area contributed by atoms with Crippen molar-refractivity contribution in [1.82, 2.24) is 14.9 Å². The smallest absolute Gasteiger partial charge is 0.141 e. The summed E-state index contributed by atoms with van der Waals surface area (Å²) in [6.07, 6.45) is 0. The number of rotatable bonds is 5.